The van der Waals surface area contributed by atoms with Crippen LogP contribution in [-0.2, 0) is 22.5 Å². The highest BCUT2D eigenvalue weighted by Crippen LogP contribution is 2.13. The van der Waals surface area contributed by atoms with Crippen LogP contribution in [0.4, 0.5) is 4.79 Å². The van der Waals surface area contributed by atoms with Gasteiger partial charge < -0.3 is 19.9 Å². The van der Waals surface area contributed by atoms with Crippen molar-refractivity contribution in [3.63, 3.8) is 0 Å². The van der Waals surface area contributed by atoms with Crippen molar-refractivity contribution in [2.75, 3.05) is 6.61 Å². The number of carbonyl (C=O) groups excluding carboxylic acids is 2. The average molecular weight is 468 g/mol. The predicted octanol–water partition coefficient (Wildman–Crippen LogP) is 4.79. The molecule has 33 heavy (non-hydrogen) atoms. The molecule has 2 N–H and O–H groups in total. The summed E-state index contributed by atoms with van der Waals surface area (Å²) in [6.07, 6.45) is -1.03. The van der Waals surface area contributed by atoms with Crippen LogP contribution in [0.2, 0.25) is 5.02 Å². The second kappa shape index (κ2) is 12.6. The van der Waals surface area contributed by atoms with Gasteiger partial charge in [-0.25, -0.2) is 9.59 Å². The van der Waals surface area contributed by atoms with Crippen LogP contribution in [0.5, 0.6) is 0 Å². The number of hydrogen-bond acceptors (Lipinski definition) is 5. The fraction of sp³-hybridized carbons (Fsp3) is 0.231. The van der Waals surface area contributed by atoms with E-state index in [4.69, 9.17) is 21.1 Å². The first kappa shape index (κ1) is 24.3. The SMILES string of the molecule is O=C(NC(Cc1ccccc1)C(O)CCOC(=O)c1ccc(Cl)cc1)OCc1ccccc1. The van der Waals surface area contributed by atoms with Gasteiger partial charge in [-0.1, -0.05) is 72.3 Å². The number of ether oxygens (including phenoxy) is 2. The molecule has 0 radical (unpaired) electrons. The van der Waals surface area contributed by atoms with Crippen LogP contribution >= 0.6 is 11.6 Å². The Morgan fingerprint density at radius 1 is 0.848 bits per heavy atom. The normalized spacial score (nSPS) is 12.4. The average Bonchev–Trinajstić information content (AvgIpc) is 2.84. The van der Waals surface area contributed by atoms with Gasteiger partial charge in [0.25, 0.3) is 0 Å². The maximum Gasteiger partial charge on any atom is 0.407 e. The molecule has 3 aromatic carbocycles. The zero-order chi connectivity index (χ0) is 23.5. The summed E-state index contributed by atoms with van der Waals surface area (Å²) in [4.78, 5) is 24.5. The van der Waals surface area contributed by atoms with Crippen LogP contribution in [0.3, 0.4) is 0 Å². The number of benzene rings is 3. The van der Waals surface area contributed by atoms with E-state index in [-0.39, 0.29) is 19.6 Å². The molecule has 0 saturated carbocycles. The minimum absolute atomic E-state index is 0.00530. The van der Waals surface area contributed by atoms with Crippen molar-refractivity contribution in [2.24, 2.45) is 0 Å². The molecule has 0 saturated heterocycles. The van der Waals surface area contributed by atoms with Crippen molar-refractivity contribution < 1.29 is 24.2 Å². The van der Waals surface area contributed by atoms with E-state index in [9.17, 15) is 14.7 Å². The van der Waals surface area contributed by atoms with E-state index in [0.29, 0.717) is 17.0 Å². The number of carbonyl (C=O) groups is 2. The second-order valence-corrected chi connectivity index (χ2v) is 7.94. The lowest BCUT2D eigenvalue weighted by molar-refractivity contribution is 0.0379. The zero-order valence-corrected chi connectivity index (χ0v) is 18.8. The van der Waals surface area contributed by atoms with Gasteiger partial charge in [0, 0.05) is 11.4 Å². The molecule has 0 bridgehead atoms. The highest BCUT2D eigenvalue weighted by Gasteiger charge is 2.23. The van der Waals surface area contributed by atoms with Gasteiger partial charge in [-0.3, -0.25) is 0 Å². The molecule has 2 atom stereocenters. The molecule has 0 aliphatic heterocycles. The smallest absolute Gasteiger partial charge is 0.407 e. The molecule has 1 amide bonds. The monoisotopic (exact) mass is 467 g/mol. The summed E-state index contributed by atoms with van der Waals surface area (Å²) < 4.78 is 10.6. The Hall–Kier alpha value is -3.35. The maximum atomic E-state index is 12.4. The van der Waals surface area contributed by atoms with Gasteiger partial charge in [-0.15, -0.1) is 0 Å². The number of aliphatic hydroxyl groups is 1. The Labute approximate surface area is 198 Å². The lowest BCUT2D eigenvalue weighted by Gasteiger charge is -2.24. The lowest BCUT2D eigenvalue weighted by Crippen LogP contribution is -2.45. The van der Waals surface area contributed by atoms with Gasteiger partial charge in [0.15, 0.2) is 0 Å². The number of hydrogen-bond donors (Lipinski definition) is 2. The molecule has 0 aromatic heterocycles. The third kappa shape index (κ3) is 8.25. The maximum absolute atomic E-state index is 12.4. The number of halogens is 1. The van der Waals surface area contributed by atoms with Gasteiger partial charge in [-0.05, 0) is 41.8 Å². The highest BCUT2D eigenvalue weighted by atomic mass is 35.5. The van der Waals surface area contributed by atoms with Crippen LogP contribution in [0.25, 0.3) is 0 Å². The summed E-state index contributed by atoms with van der Waals surface area (Å²) in [6.45, 7) is 0.119. The third-order valence-electron chi connectivity index (χ3n) is 5.01. The van der Waals surface area contributed by atoms with Crippen molar-refractivity contribution in [1.82, 2.24) is 5.32 Å². The Bertz CT molecular complexity index is 1010. The molecule has 2 unspecified atom stereocenters. The first-order chi connectivity index (χ1) is 16.0. The minimum atomic E-state index is -0.951. The van der Waals surface area contributed by atoms with E-state index in [2.05, 4.69) is 5.32 Å². The van der Waals surface area contributed by atoms with Gasteiger partial charge >= 0.3 is 12.1 Å². The van der Waals surface area contributed by atoms with E-state index in [1.54, 1.807) is 24.3 Å². The van der Waals surface area contributed by atoms with Gasteiger partial charge in [0.05, 0.1) is 24.3 Å². The molecule has 6 nitrogen and oxygen atoms in total. The molecule has 172 valence electrons. The minimum Gasteiger partial charge on any atom is -0.462 e. The van der Waals surface area contributed by atoms with Crippen molar-refractivity contribution in [3.8, 4) is 0 Å². The molecule has 7 heteroatoms. The van der Waals surface area contributed by atoms with E-state index >= 15 is 0 Å². The standard InChI is InChI=1S/C26H26ClNO5/c27-22-13-11-21(12-14-22)25(30)32-16-15-24(29)23(17-19-7-3-1-4-8-19)28-26(31)33-18-20-9-5-2-6-10-20/h1-14,23-24,29H,15-18H2,(H,28,31). The summed E-state index contributed by atoms with van der Waals surface area (Å²) in [5.74, 6) is -0.506. The summed E-state index contributed by atoms with van der Waals surface area (Å²) >= 11 is 5.83. The molecule has 3 aromatic rings. The predicted molar refractivity (Wildman–Crippen MR) is 126 cm³/mol. The van der Waals surface area contributed by atoms with Crippen molar-refractivity contribution in [2.45, 2.75) is 31.6 Å². The van der Waals surface area contributed by atoms with Crippen molar-refractivity contribution >= 4 is 23.7 Å². The molecule has 0 fully saturated rings. The molecule has 0 spiro atoms. The fourth-order valence-electron chi connectivity index (χ4n) is 3.21. The number of rotatable bonds is 10. The largest absolute Gasteiger partial charge is 0.462 e. The van der Waals surface area contributed by atoms with E-state index in [0.717, 1.165) is 11.1 Å². The molecule has 0 aliphatic carbocycles. The fourth-order valence-corrected chi connectivity index (χ4v) is 3.34. The summed E-state index contributed by atoms with van der Waals surface area (Å²) in [7, 11) is 0. The Kier molecular flexibility index (Phi) is 9.30. The summed E-state index contributed by atoms with van der Waals surface area (Å²) in [6, 6.07) is 24.6. The quantitative estimate of drug-likeness (QED) is 0.419. The van der Waals surface area contributed by atoms with Crippen LogP contribution < -0.4 is 5.32 Å². The van der Waals surface area contributed by atoms with E-state index in [1.807, 2.05) is 60.7 Å². The molecule has 3 rings (SSSR count). The van der Waals surface area contributed by atoms with Gasteiger partial charge in [0.2, 0.25) is 0 Å². The van der Waals surface area contributed by atoms with Crippen LogP contribution in [0, 0.1) is 0 Å². The topological polar surface area (TPSA) is 84.9 Å². The first-order valence-electron chi connectivity index (χ1n) is 10.6. The molecular formula is C26H26ClNO5. The zero-order valence-electron chi connectivity index (χ0n) is 18.0. The number of alkyl carbamates (subject to hydrolysis) is 1. The number of nitrogens with one attached hydrogen (secondary N) is 1. The van der Waals surface area contributed by atoms with Gasteiger partial charge in [-0.2, -0.15) is 0 Å². The molecule has 0 aliphatic rings. The lowest BCUT2D eigenvalue weighted by atomic mass is 9.99. The highest BCUT2D eigenvalue weighted by molar-refractivity contribution is 6.30. The summed E-state index contributed by atoms with van der Waals surface area (Å²) in [5.41, 5.74) is 2.18. The van der Waals surface area contributed by atoms with Crippen molar-refractivity contribution in [3.05, 3.63) is 107 Å². The van der Waals surface area contributed by atoms with Crippen molar-refractivity contribution in [1.29, 1.82) is 0 Å². The first-order valence-corrected chi connectivity index (χ1v) is 11.0. The van der Waals surface area contributed by atoms with Crippen LogP contribution in [0.1, 0.15) is 27.9 Å². The van der Waals surface area contributed by atoms with Crippen LogP contribution in [0.15, 0.2) is 84.9 Å². The second-order valence-electron chi connectivity index (χ2n) is 7.50. The molecular weight excluding hydrogens is 442 g/mol. The Balaban J connectivity index is 1.54. The Morgan fingerprint density at radius 2 is 1.45 bits per heavy atom. The number of esters is 1. The van der Waals surface area contributed by atoms with Crippen LogP contribution in [-0.4, -0.2) is 35.9 Å². The number of amides is 1. The van der Waals surface area contributed by atoms with Gasteiger partial charge in [0.1, 0.15) is 6.61 Å². The summed E-state index contributed by atoms with van der Waals surface area (Å²) in [5, 5.41) is 14.0. The molecule has 0 heterocycles. The number of aliphatic hydroxyl groups excluding tert-OH is 1. The van der Waals surface area contributed by atoms with E-state index < -0.39 is 24.2 Å². The third-order valence-corrected chi connectivity index (χ3v) is 5.26. The Morgan fingerprint density at radius 3 is 2.09 bits per heavy atom. The van der Waals surface area contributed by atoms with E-state index in [1.165, 1.54) is 0 Å².